The largest absolute Gasteiger partial charge is 0.464 e. The quantitative estimate of drug-likeness (QED) is 0.337. The summed E-state index contributed by atoms with van der Waals surface area (Å²) >= 11 is 0. The van der Waals surface area contributed by atoms with Crippen LogP contribution in [0.1, 0.15) is 98.3 Å². The molecule has 0 heterocycles. The van der Waals surface area contributed by atoms with Gasteiger partial charge in [-0.25, -0.2) is 4.79 Å². The fraction of sp³-hybridized carbons (Fsp3) is 0.900. The Balaban J connectivity index is 4.00. The van der Waals surface area contributed by atoms with Gasteiger partial charge in [-0.1, -0.05) is 79.1 Å². The minimum Gasteiger partial charge on any atom is -0.464 e. The summed E-state index contributed by atoms with van der Waals surface area (Å²) in [6.07, 6.45) is 11.7. The molecule has 0 spiro atoms. The fourth-order valence-corrected chi connectivity index (χ4v) is 2.60. The number of hydrogen-bond acceptors (Lipinski definition) is 3. The number of ether oxygens (including phenoxy) is 1. The third kappa shape index (κ3) is 12.4. The van der Waals surface area contributed by atoms with Crippen LogP contribution in [0.25, 0.3) is 0 Å². The van der Waals surface area contributed by atoms with E-state index in [9.17, 15) is 9.59 Å². The summed E-state index contributed by atoms with van der Waals surface area (Å²) in [4.78, 5) is 24.2. The summed E-state index contributed by atoms with van der Waals surface area (Å²) in [5.41, 5.74) is 0. The van der Waals surface area contributed by atoms with Crippen LogP contribution in [0.15, 0.2) is 0 Å². The third-order valence-corrected chi connectivity index (χ3v) is 4.24. The van der Waals surface area contributed by atoms with Crippen LogP contribution in [0.5, 0.6) is 0 Å². The fourth-order valence-electron chi connectivity index (χ4n) is 2.60. The summed E-state index contributed by atoms with van der Waals surface area (Å²) in [7, 11) is 0. The average Bonchev–Trinajstić information content (AvgIpc) is 2.55. The van der Waals surface area contributed by atoms with Gasteiger partial charge in [-0.15, -0.1) is 0 Å². The predicted molar refractivity (Wildman–Crippen MR) is 99.9 cm³/mol. The molecule has 4 nitrogen and oxygen atoms in total. The molecule has 0 aromatic rings. The molecule has 4 heteroatoms. The molecule has 0 saturated carbocycles. The highest BCUT2D eigenvalue weighted by atomic mass is 16.5. The third-order valence-electron chi connectivity index (χ3n) is 4.24. The molecule has 0 fully saturated rings. The molecule has 1 amide bonds. The monoisotopic (exact) mass is 341 g/mol. The lowest BCUT2D eigenvalue weighted by Crippen LogP contribution is -2.45. The lowest BCUT2D eigenvalue weighted by molar-refractivity contribution is -0.149. The molecule has 0 saturated heterocycles. The second-order valence-electron chi connectivity index (χ2n) is 7.04. The topological polar surface area (TPSA) is 55.4 Å². The summed E-state index contributed by atoms with van der Waals surface area (Å²) in [5, 5.41) is 2.85. The van der Waals surface area contributed by atoms with Crippen molar-refractivity contribution < 1.29 is 14.3 Å². The second kappa shape index (κ2) is 15.5. The minimum absolute atomic E-state index is 0.0369. The number of carbonyl (C=O) groups excluding carboxylic acids is 2. The number of rotatable bonds is 15. The van der Waals surface area contributed by atoms with E-state index in [0.717, 1.165) is 25.7 Å². The van der Waals surface area contributed by atoms with E-state index in [4.69, 9.17) is 4.74 Å². The maximum atomic E-state index is 12.2. The zero-order valence-electron chi connectivity index (χ0n) is 16.4. The van der Waals surface area contributed by atoms with Gasteiger partial charge in [-0.3, -0.25) is 4.79 Å². The van der Waals surface area contributed by atoms with Crippen molar-refractivity contribution in [2.75, 3.05) is 6.61 Å². The molecule has 0 radical (unpaired) electrons. The number of unbranched alkanes of at least 4 members (excludes halogenated alkanes) is 8. The first-order valence-corrected chi connectivity index (χ1v) is 9.98. The van der Waals surface area contributed by atoms with Crippen molar-refractivity contribution in [1.82, 2.24) is 5.32 Å². The molecule has 142 valence electrons. The summed E-state index contributed by atoms with van der Waals surface area (Å²) in [6.45, 7) is 8.69. The highest BCUT2D eigenvalue weighted by Gasteiger charge is 2.25. The van der Waals surface area contributed by atoms with E-state index in [0.29, 0.717) is 13.0 Å². The van der Waals surface area contributed by atoms with E-state index in [1.165, 1.54) is 38.5 Å². The van der Waals surface area contributed by atoms with Crippen molar-refractivity contribution in [3.8, 4) is 0 Å². The maximum absolute atomic E-state index is 12.2. The Bertz CT molecular complexity index is 329. The molecule has 0 aromatic heterocycles. The smallest absolute Gasteiger partial charge is 0.328 e. The zero-order chi connectivity index (χ0) is 18.2. The zero-order valence-corrected chi connectivity index (χ0v) is 16.4. The summed E-state index contributed by atoms with van der Waals surface area (Å²) in [5.74, 6) is -0.286. The van der Waals surface area contributed by atoms with E-state index in [-0.39, 0.29) is 17.8 Å². The Kier molecular flexibility index (Phi) is 14.8. The molecule has 0 bridgehead atoms. The van der Waals surface area contributed by atoms with Crippen molar-refractivity contribution in [2.45, 2.75) is 104 Å². The van der Waals surface area contributed by atoms with Gasteiger partial charge in [0.15, 0.2) is 0 Å². The van der Waals surface area contributed by atoms with Crippen LogP contribution < -0.4 is 5.32 Å². The van der Waals surface area contributed by atoms with Crippen LogP contribution >= 0.6 is 0 Å². The van der Waals surface area contributed by atoms with E-state index in [1.807, 2.05) is 13.8 Å². The average molecular weight is 342 g/mol. The number of nitrogens with one attached hydrogen (secondary N) is 1. The van der Waals surface area contributed by atoms with Crippen molar-refractivity contribution in [3.05, 3.63) is 0 Å². The van der Waals surface area contributed by atoms with Gasteiger partial charge in [-0.2, -0.15) is 0 Å². The minimum atomic E-state index is -0.524. The van der Waals surface area contributed by atoms with Crippen molar-refractivity contribution in [3.63, 3.8) is 0 Å². The molecule has 0 aliphatic rings. The number of hydrogen-bond donors (Lipinski definition) is 1. The molecule has 1 atom stereocenters. The standard InChI is InChI=1S/C20H39NO3/c1-5-7-9-11-13-15-18(22)21-19(17(3)4)20(23)24-16-14-12-10-8-6-2/h17,19H,5-16H2,1-4H3,(H,21,22). The molecular weight excluding hydrogens is 302 g/mol. The first-order valence-electron chi connectivity index (χ1n) is 9.98. The number of carbonyl (C=O) groups is 2. The van der Waals surface area contributed by atoms with Crippen molar-refractivity contribution >= 4 is 11.9 Å². The summed E-state index contributed by atoms with van der Waals surface area (Å²) in [6, 6.07) is -0.524. The highest BCUT2D eigenvalue weighted by molar-refractivity contribution is 5.84. The SMILES string of the molecule is CCCCCCCOC(=O)C(NC(=O)CCCCCCC)C(C)C. The lowest BCUT2D eigenvalue weighted by atomic mass is 10.0. The van der Waals surface area contributed by atoms with E-state index in [1.54, 1.807) is 0 Å². The van der Waals surface area contributed by atoms with Crippen LogP contribution in [-0.4, -0.2) is 24.5 Å². The molecule has 24 heavy (non-hydrogen) atoms. The van der Waals surface area contributed by atoms with Gasteiger partial charge < -0.3 is 10.1 Å². The lowest BCUT2D eigenvalue weighted by Gasteiger charge is -2.21. The first kappa shape index (κ1) is 22.9. The van der Waals surface area contributed by atoms with Crippen molar-refractivity contribution in [1.29, 1.82) is 0 Å². The molecule has 1 unspecified atom stereocenters. The Morgan fingerprint density at radius 1 is 0.833 bits per heavy atom. The maximum Gasteiger partial charge on any atom is 0.328 e. The van der Waals surface area contributed by atoms with Gasteiger partial charge in [0.2, 0.25) is 5.91 Å². The van der Waals surface area contributed by atoms with Gasteiger partial charge in [-0.05, 0) is 18.8 Å². The van der Waals surface area contributed by atoms with Gasteiger partial charge in [0.25, 0.3) is 0 Å². The molecule has 0 aliphatic heterocycles. The van der Waals surface area contributed by atoms with Gasteiger partial charge in [0.1, 0.15) is 6.04 Å². The van der Waals surface area contributed by atoms with E-state index < -0.39 is 6.04 Å². The van der Waals surface area contributed by atoms with Crippen LogP contribution in [0.4, 0.5) is 0 Å². The van der Waals surface area contributed by atoms with Crippen LogP contribution in [0.3, 0.4) is 0 Å². The van der Waals surface area contributed by atoms with Crippen LogP contribution in [0, 0.1) is 5.92 Å². The number of esters is 1. The van der Waals surface area contributed by atoms with E-state index >= 15 is 0 Å². The summed E-state index contributed by atoms with van der Waals surface area (Å²) < 4.78 is 5.35. The van der Waals surface area contributed by atoms with Gasteiger partial charge in [0.05, 0.1) is 6.61 Å². The predicted octanol–water partition coefficient (Wildman–Crippen LogP) is 5.00. The molecule has 1 N–H and O–H groups in total. The van der Waals surface area contributed by atoms with Gasteiger partial charge in [0, 0.05) is 6.42 Å². The molecule has 0 rings (SSSR count). The highest BCUT2D eigenvalue weighted by Crippen LogP contribution is 2.09. The molecular formula is C20H39NO3. The van der Waals surface area contributed by atoms with Crippen molar-refractivity contribution in [2.24, 2.45) is 5.92 Å². The Hall–Kier alpha value is -1.06. The van der Waals surface area contributed by atoms with E-state index in [2.05, 4.69) is 19.2 Å². The normalized spacial score (nSPS) is 12.2. The van der Waals surface area contributed by atoms with Crippen LogP contribution in [0.2, 0.25) is 0 Å². The first-order chi connectivity index (χ1) is 11.5. The Morgan fingerprint density at radius 3 is 1.92 bits per heavy atom. The van der Waals surface area contributed by atoms with Crippen LogP contribution in [-0.2, 0) is 14.3 Å². The molecule has 0 aliphatic carbocycles. The second-order valence-corrected chi connectivity index (χ2v) is 7.04. The van der Waals surface area contributed by atoms with Gasteiger partial charge >= 0.3 is 5.97 Å². The Labute approximate surface area is 149 Å². The number of amides is 1. The molecule has 0 aromatic carbocycles. The Morgan fingerprint density at radius 2 is 1.38 bits per heavy atom.